The van der Waals surface area contributed by atoms with Gasteiger partial charge in [-0.05, 0) is 48.2 Å². The Hall–Kier alpha value is -3.02. The third kappa shape index (κ3) is 3.42. The summed E-state index contributed by atoms with van der Waals surface area (Å²) >= 11 is 0. The summed E-state index contributed by atoms with van der Waals surface area (Å²) in [6.45, 7) is 1.50. The van der Waals surface area contributed by atoms with Gasteiger partial charge < -0.3 is 19.1 Å². The van der Waals surface area contributed by atoms with Gasteiger partial charge >= 0.3 is 0 Å². The Labute approximate surface area is 164 Å². The number of methoxy groups -OCH3 is 2. The monoisotopic (exact) mass is 381 g/mol. The van der Waals surface area contributed by atoms with Crippen LogP contribution in [0.3, 0.4) is 0 Å². The molecule has 6 nitrogen and oxygen atoms in total. The Kier molecular flexibility index (Phi) is 4.94. The second-order valence-corrected chi connectivity index (χ2v) is 7.12. The molecule has 0 radical (unpaired) electrons. The standard InChI is InChI=1S/C22H23NO5/c1-26-19-6-5-15(9-18(19)13-24)16-10-17-12-23(22(25)14-3-4-14)7-8-28-21(17)20(11-16)27-2/h5-6,9-11,13-14H,3-4,7-8,12H2,1-2H3. The van der Waals surface area contributed by atoms with Crippen molar-refractivity contribution in [2.75, 3.05) is 27.4 Å². The Morgan fingerprint density at radius 3 is 2.57 bits per heavy atom. The largest absolute Gasteiger partial charge is 0.496 e. The number of nitrogens with zero attached hydrogens (tertiary/aromatic N) is 1. The van der Waals surface area contributed by atoms with E-state index in [2.05, 4.69) is 0 Å². The fourth-order valence-electron chi connectivity index (χ4n) is 3.58. The van der Waals surface area contributed by atoms with Gasteiger partial charge in [-0.15, -0.1) is 0 Å². The van der Waals surface area contributed by atoms with Crippen LogP contribution in [0.1, 0.15) is 28.8 Å². The maximum absolute atomic E-state index is 12.6. The molecule has 0 saturated heterocycles. The summed E-state index contributed by atoms with van der Waals surface area (Å²) in [5.41, 5.74) is 3.15. The highest BCUT2D eigenvalue weighted by molar-refractivity contribution is 5.84. The van der Waals surface area contributed by atoms with Crippen molar-refractivity contribution in [3.63, 3.8) is 0 Å². The van der Waals surface area contributed by atoms with E-state index in [-0.39, 0.29) is 11.8 Å². The molecule has 1 amide bonds. The molecule has 1 saturated carbocycles. The fraction of sp³-hybridized carbons (Fsp3) is 0.364. The van der Waals surface area contributed by atoms with Crippen LogP contribution >= 0.6 is 0 Å². The van der Waals surface area contributed by atoms with Gasteiger partial charge in [0.05, 0.1) is 26.3 Å². The number of rotatable bonds is 5. The van der Waals surface area contributed by atoms with Crippen LogP contribution in [0.5, 0.6) is 17.2 Å². The number of carbonyl (C=O) groups is 2. The highest BCUT2D eigenvalue weighted by Gasteiger charge is 2.34. The van der Waals surface area contributed by atoms with E-state index < -0.39 is 0 Å². The van der Waals surface area contributed by atoms with Gasteiger partial charge in [0.15, 0.2) is 17.8 Å². The summed E-state index contributed by atoms with van der Waals surface area (Å²) < 4.78 is 16.7. The number of fused-ring (bicyclic) bond motifs is 1. The summed E-state index contributed by atoms with van der Waals surface area (Å²) in [6, 6.07) is 9.37. The maximum Gasteiger partial charge on any atom is 0.226 e. The average molecular weight is 381 g/mol. The smallest absolute Gasteiger partial charge is 0.226 e. The molecule has 0 atom stereocenters. The lowest BCUT2D eigenvalue weighted by molar-refractivity contribution is -0.133. The summed E-state index contributed by atoms with van der Waals surface area (Å²) in [5, 5.41) is 0. The third-order valence-corrected chi connectivity index (χ3v) is 5.25. The highest BCUT2D eigenvalue weighted by Crippen LogP contribution is 2.40. The van der Waals surface area contributed by atoms with Crippen LogP contribution in [0.15, 0.2) is 30.3 Å². The lowest BCUT2D eigenvalue weighted by atomic mass is 9.99. The number of ether oxygens (including phenoxy) is 3. The average Bonchev–Trinajstić information content (AvgIpc) is 3.58. The van der Waals surface area contributed by atoms with Crippen molar-refractivity contribution in [3.05, 3.63) is 41.5 Å². The van der Waals surface area contributed by atoms with E-state index in [0.29, 0.717) is 42.5 Å². The van der Waals surface area contributed by atoms with Crippen LogP contribution in [-0.4, -0.2) is 44.5 Å². The number of hydrogen-bond donors (Lipinski definition) is 0. The van der Waals surface area contributed by atoms with Crippen LogP contribution in [0, 0.1) is 5.92 Å². The second kappa shape index (κ2) is 7.54. The van der Waals surface area contributed by atoms with Gasteiger partial charge in [-0.1, -0.05) is 6.07 Å². The molecule has 1 aliphatic carbocycles. The number of benzene rings is 2. The Morgan fingerprint density at radius 1 is 1.11 bits per heavy atom. The van der Waals surface area contributed by atoms with Crippen molar-refractivity contribution < 1.29 is 23.8 Å². The third-order valence-electron chi connectivity index (χ3n) is 5.25. The lowest BCUT2D eigenvalue weighted by Crippen LogP contribution is -2.33. The van der Waals surface area contributed by atoms with Crippen molar-refractivity contribution in [2.24, 2.45) is 5.92 Å². The van der Waals surface area contributed by atoms with Gasteiger partial charge in [0.1, 0.15) is 12.4 Å². The molecule has 2 aromatic carbocycles. The van der Waals surface area contributed by atoms with Gasteiger partial charge in [-0.2, -0.15) is 0 Å². The van der Waals surface area contributed by atoms with Crippen LogP contribution in [-0.2, 0) is 11.3 Å². The number of aldehydes is 1. The zero-order chi connectivity index (χ0) is 19.7. The molecule has 2 aromatic rings. The number of hydrogen-bond acceptors (Lipinski definition) is 5. The fourth-order valence-corrected chi connectivity index (χ4v) is 3.58. The van der Waals surface area contributed by atoms with E-state index in [1.165, 1.54) is 7.11 Å². The molecular formula is C22H23NO5. The summed E-state index contributed by atoms with van der Waals surface area (Å²) in [7, 11) is 3.14. The first-order valence-electron chi connectivity index (χ1n) is 9.40. The molecule has 0 spiro atoms. The molecule has 0 unspecified atom stereocenters. The van der Waals surface area contributed by atoms with Crippen molar-refractivity contribution in [1.29, 1.82) is 0 Å². The first kappa shape index (κ1) is 18.3. The van der Waals surface area contributed by atoms with E-state index >= 15 is 0 Å². The molecule has 28 heavy (non-hydrogen) atoms. The maximum atomic E-state index is 12.6. The first-order chi connectivity index (χ1) is 13.6. The number of amides is 1. The van der Waals surface area contributed by atoms with Crippen LogP contribution in [0.4, 0.5) is 0 Å². The normalized spacial score (nSPS) is 15.9. The summed E-state index contributed by atoms with van der Waals surface area (Å²) in [6.07, 6.45) is 2.74. The molecule has 146 valence electrons. The van der Waals surface area contributed by atoms with Crippen molar-refractivity contribution >= 4 is 12.2 Å². The Balaban J connectivity index is 1.74. The minimum atomic E-state index is 0.170. The molecule has 4 rings (SSSR count). The summed E-state index contributed by atoms with van der Waals surface area (Å²) in [5.74, 6) is 2.21. The van der Waals surface area contributed by atoms with Gasteiger partial charge in [0.25, 0.3) is 0 Å². The highest BCUT2D eigenvalue weighted by atomic mass is 16.5. The quantitative estimate of drug-likeness (QED) is 0.744. The minimum absolute atomic E-state index is 0.170. The first-order valence-corrected chi connectivity index (χ1v) is 9.40. The number of carbonyl (C=O) groups excluding carboxylic acids is 2. The zero-order valence-electron chi connectivity index (χ0n) is 16.1. The molecular weight excluding hydrogens is 358 g/mol. The van der Waals surface area contributed by atoms with E-state index in [4.69, 9.17) is 14.2 Å². The zero-order valence-corrected chi connectivity index (χ0v) is 16.1. The predicted molar refractivity (Wildman–Crippen MR) is 104 cm³/mol. The second-order valence-electron chi connectivity index (χ2n) is 7.12. The molecule has 1 fully saturated rings. The van der Waals surface area contributed by atoms with E-state index in [0.717, 1.165) is 35.8 Å². The summed E-state index contributed by atoms with van der Waals surface area (Å²) in [4.78, 5) is 25.8. The van der Waals surface area contributed by atoms with Gasteiger partial charge in [-0.25, -0.2) is 0 Å². The molecule has 6 heteroatoms. The van der Waals surface area contributed by atoms with E-state index in [1.54, 1.807) is 19.2 Å². The van der Waals surface area contributed by atoms with Crippen LogP contribution < -0.4 is 14.2 Å². The van der Waals surface area contributed by atoms with Gasteiger partial charge in [0.2, 0.25) is 5.91 Å². The topological polar surface area (TPSA) is 65.1 Å². The lowest BCUT2D eigenvalue weighted by Gasteiger charge is -2.20. The molecule has 0 aromatic heterocycles. The molecule has 1 aliphatic heterocycles. The molecule has 0 bridgehead atoms. The molecule has 1 heterocycles. The predicted octanol–water partition coefficient (Wildman–Crippen LogP) is 3.31. The van der Waals surface area contributed by atoms with Crippen LogP contribution in [0.25, 0.3) is 11.1 Å². The van der Waals surface area contributed by atoms with Gasteiger partial charge in [0, 0.05) is 18.0 Å². The van der Waals surface area contributed by atoms with Crippen LogP contribution in [0.2, 0.25) is 0 Å². The van der Waals surface area contributed by atoms with Crippen molar-refractivity contribution in [1.82, 2.24) is 4.90 Å². The molecule has 0 N–H and O–H groups in total. The van der Waals surface area contributed by atoms with Crippen molar-refractivity contribution in [2.45, 2.75) is 19.4 Å². The Bertz CT molecular complexity index is 919. The van der Waals surface area contributed by atoms with Crippen molar-refractivity contribution in [3.8, 4) is 28.4 Å². The van der Waals surface area contributed by atoms with E-state index in [1.807, 2.05) is 23.1 Å². The SMILES string of the molecule is COc1ccc(-c2cc3c(c(OC)c2)OCCN(C(=O)C2CC2)C3)cc1C=O. The Morgan fingerprint density at radius 2 is 1.89 bits per heavy atom. The molecule has 2 aliphatic rings. The minimum Gasteiger partial charge on any atom is -0.496 e. The van der Waals surface area contributed by atoms with E-state index in [9.17, 15) is 9.59 Å². The van der Waals surface area contributed by atoms with Gasteiger partial charge in [-0.3, -0.25) is 9.59 Å².